The number of primary amides is 1. The zero-order valence-electron chi connectivity index (χ0n) is 19.5. The van der Waals surface area contributed by atoms with Crippen LogP contribution in [0.2, 0.25) is 5.02 Å². The molecular weight excluding hydrogens is 476 g/mol. The van der Waals surface area contributed by atoms with Gasteiger partial charge in [0.05, 0.1) is 0 Å². The first-order valence-corrected chi connectivity index (χ1v) is 12.3. The van der Waals surface area contributed by atoms with Crippen LogP contribution in [0.25, 0.3) is 22.2 Å². The van der Waals surface area contributed by atoms with E-state index in [1.54, 1.807) is 36.5 Å². The molecule has 0 radical (unpaired) electrons. The van der Waals surface area contributed by atoms with Gasteiger partial charge in [0.15, 0.2) is 0 Å². The van der Waals surface area contributed by atoms with Gasteiger partial charge in [0.1, 0.15) is 12.2 Å². The molecule has 1 saturated heterocycles. The minimum absolute atomic E-state index is 0.285. The highest BCUT2D eigenvalue weighted by atomic mass is 35.5. The zero-order valence-corrected chi connectivity index (χ0v) is 20.2. The first-order valence-electron chi connectivity index (χ1n) is 11.9. The number of nitrogens with two attached hydrogens (primary N) is 1. The Balaban J connectivity index is 1.25. The van der Waals surface area contributed by atoms with Crippen molar-refractivity contribution in [3.05, 3.63) is 87.8 Å². The molecule has 2 aromatic carbocycles. The number of carbonyl (C=O) groups is 1. The van der Waals surface area contributed by atoms with Crippen LogP contribution in [0.5, 0.6) is 0 Å². The fourth-order valence-electron chi connectivity index (χ4n) is 5.35. The van der Waals surface area contributed by atoms with Crippen LogP contribution < -0.4 is 16.6 Å². The van der Waals surface area contributed by atoms with Crippen LogP contribution in [0.15, 0.2) is 71.7 Å². The summed E-state index contributed by atoms with van der Waals surface area (Å²) >= 11 is 6.35. The van der Waals surface area contributed by atoms with Crippen molar-refractivity contribution in [1.82, 2.24) is 19.4 Å². The van der Waals surface area contributed by atoms with Crippen LogP contribution >= 0.6 is 11.6 Å². The minimum atomic E-state index is -0.627. The predicted molar refractivity (Wildman–Crippen MR) is 140 cm³/mol. The van der Waals surface area contributed by atoms with Gasteiger partial charge in [-0.05, 0) is 29.5 Å². The van der Waals surface area contributed by atoms with Gasteiger partial charge in [0.2, 0.25) is 11.9 Å². The quantitative estimate of drug-likeness (QED) is 0.404. The second-order valence-electron chi connectivity index (χ2n) is 9.55. The van der Waals surface area contributed by atoms with E-state index in [0.29, 0.717) is 51.0 Å². The summed E-state index contributed by atoms with van der Waals surface area (Å²) in [6, 6.07) is 19.6. The molecule has 1 aliphatic heterocycles. The number of pyridine rings is 1. The lowest BCUT2D eigenvalue weighted by Gasteiger charge is -2.20. The summed E-state index contributed by atoms with van der Waals surface area (Å²) in [5, 5.41) is 4.52. The molecule has 2 fully saturated rings. The van der Waals surface area contributed by atoms with E-state index in [2.05, 4.69) is 44.5 Å². The molecular formula is C27H25ClN6O2. The molecule has 2 aliphatic rings. The number of hydrogen-bond donors (Lipinski definition) is 2. The maximum atomic E-state index is 13.4. The Morgan fingerprint density at radius 3 is 2.50 bits per heavy atom. The zero-order chi connectivity index (χ0) is 24.8. The predicted octanol–water partition coefficient (Wildman–Crippen LogP) is 3.14. The van der Waals surface area contributed by atoms with E-state index in [9.17, 15) is 9.59 Å². The number of anilines is 1. The van der Waals surface area contributed by atoms with Crippen molar-refractivity contribution in [2.75, 3.05) is 18.4 Å². The second kappa shape index (κ2) is 9.04. The lowest BCUT2D eigenvalue weighted by atomic mass is 10.1. The molecule has 2 unspecified atom stereocenters. The van der Waals surface area contributed by atoms with Crippen LogP contribution in [0.4, 0.5) is 5.95 Å². The van der Waals surface area contributed by atoms with E-state index in [4.69, 9.17) is 17.3 Å². The van der Waals surface area contributed by atoms with Crippen molar-refractivity contribution in [3.8, 4) is 11.1 Å². The summed E-state index contributed by atoms with van der Waals surface area (Å²) in [6.45, 7) is 2.73. The molecule has 1 amide bonds. The Bertz CT molecular complexity index is 1510. The molecule has 9 heteroatoms. The van der Waals surface area contributed by atoms with Crippen molar-refractivity contribution in [2.24, 2.45) is 17.6 Å². The Kier molecular flexibility index (Phi) is 5.70. The van der Waals surface area contributed by atoms with Crippen molar-refractivity contribution in [2.45, 2.75) is 19.1 Å². The average molecular weight is 501 g/mol. The number of nitrogens with zero attached hydrogens (tertiary/aromatic N) is 4. The van der Waals surface area contributed by atoms with Gasteiger partial charge in [-0.25, -0.2) is 4.98 Å². The highest BCUT2D eigenvalue weighted by molar-refractivity contribution is 6.33. The molecule has 2 aromatic heterocycles. The van der Waals surface area contributed by atoms with Gasteiger partial charge in [-0.15, -0.1) is 0 Å². The van der Waals surface area contributed by atoms with Crippen LogP contribution in [-0.4, -0.2) is 44.5 Å². The van der Waals surface area contributed by atoms with Crippen molar-refractivity contribution in [1.29, 1.82) is 0 Å². The monoisotopic (exact) mass is 500 g/mol. The summed E-state index contributed by atoms with van der Waals surface area (Å²) in [6.07, 6.45) is 1.67. The number of aromatic nitrogens is 3. The standard InChI is InChI=1S/C27H25ClN6O2/c28-22-9-5-4-8-18(22)19-10-17-11-30-27(32-25(17)34(26(19)36)15-23(29)35)31-24-20-13-33(14-21(20)24)12-16-6-2-1-3-7-16/h1-11,20-21,24H,12-15H2,(H2,29,35)(H,30,31,32). The molecule has 1 saturated carbocycles. The molecule has 0 bridgehead atoms. The first kappa shape index (κ1) is 22.7. The highest BCUT2D eigenvalue weighted by Gasteiger charge is 2.55. The molecule has 36 heavy (non-hydrogen) atoms. The number of fused-ring (bicyclic) bond motifs is 2. The lowest BCUT2D eigenvalue weighted by Crippen LogP contribution is -2.30. The minimum Gasteiger partial charge on any atom is -0.368 e. The van der Waals surface area contributed by atoms with Gasteiger partial charge >= 0.3 is 0 Å². The third kappa shape index (κ3) is 4.23. The van der Waals surface area contributed by atoms with Gasteiger partial charge in [0.25, 0.3) is 5.56 Å². The van der Waals surface area contributed by atoms with E-state index in [-0.39, 0.29) is 12.1 Å². The number of amides is 1. The van der Waals surface area contributed by atoms with Gasteiger partial charge < -0.3 is 11.1 Å². The molecule has 8 nitrogen and oxygen atoms in total. The number of carbonyl (C=O) groups excluding carboxylic acids is 1. The summed E-state index contributed by atoms with van der Waals surface area (Å²) in [5.41, 5.74) is 7.74. The third-order valence-electron chi connectivity index (χ3n) is 7.12. The van der Waals surface area contributed by atoms with E-state index < -0.39 is 5.91 Å². The van der Waals surface area contributed by atoms with Crippen LogP contribution in [-0.2, 0) is 17.9 Å². The second-order valence-corrected chi connectivity index (χ2v) is 9.95. The Hall–Kier alpha value is -3.75. The number of nitrogens with one attached hydrogen (secondary N) is 1. The number of likely N-dealkylation sites (tertiary alicyclic amines) is 1. The Morgan fingerprint density at radius 1 is 1.06 bits per heavy atom. The number of rotatable bonds is 7. The summed E-state index contributed by atoms with van der Waals surface area (Å²) in [4.78, 5) is 36.8. The molecule has 6 rings (SSSR count). The van der Waals surface area contributed by atoms with Crippen LogP contribution in [0.1, 0.15) is 5.56 Å². The molecule has 0 spiro atoms. The molecule has 3 N–H and O–H groups in total. The average Bonchev–Trinajstić information content (AvgIpc) is 3.30. The molecule has 2 atom stereocenters. The summed E-state index contributed by atoms with van der Waals surface area (Å²) in [7, 11) is 0. The van der Waals surface area contributed by atoms with Gasteiger partial charge in [-0.3, -0.25) is 19.1 Å². The van der Waals surface area contributed by atoms with Crippen LogP contribution in [0, 0.1) is 11.8 Å². The number of hydrogen-bond acceptors (Lipinski definition) is 6. The van der Waals surface area contributed by atoms with Crippen LogP contribution in [0.3, 0.4) is 0 Å². The normalized spacial score (nSPS) is 20.9. The molecule has 1 aliphatic carbocycles. The van der Waals surface area contributed by atoms with E-state index >= 15 is 0 Å². The van der Waals surface area contributed by atoms with E-state index in [0.717, 1.165) is 19.6 Å². The third-order valence-corrected chi connectivity index (χ3v) is 7.45. The van der Waals surface area contributed by atoms with Crippen molar-refractivity contribution in [3.63, 3.8) is 0 Å². The maximum Gasteiger partial charge on any atom is 0.260 e. The maximum absolute atomic E-state index is 13.4. The van der Waals surface area contributed by atoms with E-state index in [1.165, 1.54) is 10.1 Å². The number of halogens is 1. The SMILES string of the molecule is NC(=O)Cn1c(=O)c(-c2ccccc2Cl)cc2cnc(NC3C4CN(Cc5ccccc5)CC43)nc21. The summed E-state index contributed by atoms with van der Waals surface area (Å²) < 4.78 is 1.30. The fourth-order valence-corrected chi connectivity index (χ4v) is 5.59. The van der Waals surface area contributed by atoms with E-state index in [1.807, 2.05) is 6.07 Å². The topological polar surface area (TPSA) is 106 Å². The lowest BCUT2D eigenvalue weighted by molar-refractivity contribution is -0.118. The Morgan fingerprint density at radius 2 is 1.78 bits per heavy atom. The fraction of sp³-hybridized carbons (Fsp3) is 0.259. The molecule has 3 heterocycles. The summed E-state index contributed by atoms with van der Waals surface area (Å²) in [5.74, 6) is 0.907. The van der Waals surface area contributed by atoms with Crippen molar-refractivity contribution < 1.29 is 4.79 Å². The van der Waals surface area contributed by atoms with Gasteiger partial charge in [-0.1, -0.05) is 60.1 Å². The smallest absolute Gasteiger partial charge is 0.260 e. The number of benzene rings is 2. The first-order chi connectivity index (χ1) is 17.5. The molecule has 4 aromatic rings. The highest BCUT2D eigenvalue weighted by Crippen LogP contribution is 2.47. The largest absolute Gasteiger partial charge is 0.368 e. The number of piperidine rings is 1. The van der Waals surface area contributed by atoms with Gasteiger partial charge in [0, 0.05) is 53.4 Å². The Labute approximate surface area is 212 Å². The van der Waals surface area contributed by atoms with Crippen molar-refractivity contribution >= 4 is 34.5 Å². The van der Waals surface area contributed by atoms with Gasteiger partial charge in [-0.2, -0.15) is 4.98 Å². The molecule has 182 valence electrons.